The second-order valence-corrected chi connectivity index (χ2v) is 3.42. The van der Waals surface area contributed by atoms with Gasteiger partial charge in [-0.3, -0.25) is 4.79 Å². The van der Waals surface area contributed by atoms with Gasteiger partial charge in [0.15, 0.2) is 0 Å². The van der Waals surface area contributed by atoms with Crippen molar-refractivity contribution in [3.05, 3.63) is 35.4 Å². The van der Waals surface area contributed by atoms with Crippen molar-refractivity contribution in [1.29, 1.82) is 5.26 Å². The summed E-state index contributed by atoms with van der Waals surface area (Å²) in [5, 5.41) is 19.9. The van der Waals surface area contributed by atoms with Crippen molar-refractivity contribution in [2.24, 2.45) is 0 Å². The Hall–Kier alpha value is -2.32. The van der Waals surface area contributed by atoms with Crippen LogP contribution in [0.5, 0.6) is 5.75 Å². The van der Waals surface area contributed by atoms with Gasteiger partial charge in [0.05, 0.1) is 13.7 Å². The van der Waals surface area contributed by atoms with Gasteiger partial charge in [-0.2, -0.15) is 5.26 Å². The molecule has 94 valence electrons. The van der Waals surface area contributed by atoms with Gasteiger partial charge in [0.2, 0.25) is 0 Å². The number of rotatable bonds is 5. The van der Waals surface area contributed by atoms with E-state index in [1.807, 2.05) is 6.07 Å². The molecule has 0 saturated heterocycles. The van der Waals surface area contributed by atoms with E-state index in [0.717, 1.165) is 5.56 Å². The number of nitrogens with zero attached hydrogens (tertiary/aromatic N) is 1. The van der Waals surface area contributed by atoms with E-state index in [-0.39, 0.29) is 18.7 Å². The summed E-state index contributed by atoms with van der Waals surface area (Å²) in [6.07, 6.45) is 1.48. The maximum atomic E-state index is 11.5. The minimum atomic E-state index is -0.498. The van der Waals surface area contributed by atoms with Gasteiger partial charge in [-0.1, -0.05) is 12.1 Å². The predicted molar refractivity (Wildman–Crippen MR) is 66.7 cm³/mol. The maximum Gasteiger partial charge on any atom is 0.262 e. The Morgan fingerprint density at radius 3 is 2.67 bits per heavy atom. The number of methoxy groups -OCH3 is 1. The number of hydrogen-bond acceptors (Lipinski definition) is 4. The fourth-order valence-corrected chi connectivity index (χ4v) is 1.28. The topological polar surface area (TPSA) is 82.3 Å². The molecule has 0 aliphatic heterocycles. The predicted octanol–water partition coefficient (Wildman–Crippen LogP) is 0.711. The fourth-order valence-electron chi connectivity index (χ4n) is 1.28. The van der Waals surface area contributed by atoms with Crippen molar-refractivity contribution < 1.29 is 14.6 Å². The Morgan fingerprint density at radius 1 is 1.50 bits per heavy atom. The van der Waals surface area contributed by atoms with E-state index in [2.05, 4.69) is 5.32 Å². The molecule has 5 heteroatoms. The summed E-state index contributed by atoms with van der Waals surface area (Å²) in [7, 11) is 1.56. The molecule has 0 aliphatic carbocycles. The van der Waals surface area contributed by atoms with E-state index in [4.69, 9.17) is 15.1 Å². The highest BCUT2D eigenvalue weighted by molar-refractivity contribution is 6.01. The van der Waals surface area contributed by atoms with Gasteiger partial charge >= 0.3 is 0 Å². The second kappa shape index (κ2) is 7.09. The van der Waals surface area contributed by atoms with Crippen molar-refractivity contribution >= 4 is 12.0 Å². The molecule has 1 aromatic rings. The lowest BCUT2D eigenvalue weighted by molar-refractivity contribution is -0.117. The number of nitrogens with one attached hydrogen (secondary N) is 1. The molecule has 0 bridgehead atoms. The highest BCUT2D eigenvalue weighted by atomic mass is 16.5. The quantitative estimate of drug-likeness (QED) is 0.592. The van der Waals surface area contributed by atoms with Crippen LogP contribution in [0.1, 0.15) is 5.56 Å². The average Bonchev–Trinajstić information content (AvgIpc) is 2.42. The van der Waals surface area contributed by atoms with Crippen LogP contribution in [0.3, 0.4) is 0 Å². The Balaban J connectivity index is 2.83. The highest BCUT2D eigenvalue weighted by Gasteiger charge is 2.07. The first-order valence-electron chi connectivity index (χ1n) is 5.36. The standard InChI is InChI=1S/C13H14N2O3/c1-18-12-4-2-10(3-5-12)8-11(9-14)13(17)15-6-7-16/h2-5,8,16H,6-7H2,1H3,(H,15,17)/b11-8+. The molecular formula is C13H14N2O3. The number of ether oxygens (including phenoxy) is 1. The molecule has 0 heterocycles. The van der Waals surface area contributed by atoms with Gasteiger partial charge in [0.1, 0.15) is 17.4 Å². The summed E-state index contributed by atoms with van der Waals surface area (Å²) in [6.45, 7) is -0.0343. The van der Waals surface area contributed by atoms with E-state index in [1.165, 1.54) is 6.08 Å². The largest absolute Gasteiger partial charge is 0.497 e. The van der Waals surface area contributed by atoms with Crippen LogP contribution >= 0.6 is 0 Å². The summed E-state index contributed by atoms with van der Waals surface area (Å²) < 4.78 is 5.01. The van der Waals surface area contributed by atoms with Crippen molar-refractivity contribution in [3.63, 3.8) is 0 Å². The molecule has 0 unspecified atom stereocenters. The molecule has 5 nitrogen and oxygen atoms in total. The lowest BCUT2D eigenvalue weighted by Gasteiger charge is -2.02. The van der Waals surface area contributed by atoms with Crippen LogP contribution in [-0.4, -0.2) is 31.3 Å². The molecule has 18 heavy (non-hydrogen) atoms. The van der Waals surface area contributed by atoms with Crippen LogP contribution < -0.4 is 10.1 Å². The van der Waals surface area contributed by atoms with E-state index < -0.39 is 5.91 Å². The molecule has 0 atom stereocenters. The first kappa shape index (κ1) is 13.7. The minimum Gasteiger partial charge on any atom is -0.497 e. The number of carbonyl (C=O) groups excluding carboxylic acids is 1. The van der Waals surface area contributed by atoms with Crippen LogP contribution in [-0.2, 0) is 4.79 Å². The van der Waals surface area contributed by atoms with Crippen LogP contribution in [0, 0.1) is 11.3 Å². The number of aliphatic hydroxyl groups is 1. The summed E-state index contributed by atoms with van der Waals surface area (Å²) in [5.74, 6) is 0.206. The summed E-state index contributed by atoms with van der Waals surface area (Å²) in [4.78, 5) is 11.5. The fraction of sp³-hybridized carbons (Fsp3) is 0.231. The molecule has 1 aromatic carbocycles. The number of aliphatic hydroxyl groups excluding tert-OH is 1. The summed E-state index contributed by atoms with van der Waals surface area (Å²) in [5.41, 5.74) is 0.722. The van der Waals surface area contributed by atoms with E-state index in [0.29, 0.717) is 5.75 Å². The van der Waals surface area contributed by atoms with Crippen molar-refractivity contribution in [1.82, 2.24) is 5.32 Å². The Bertz CT molecular complexity index is 472. The lowest BCUT2D eigenvalue weighted by atomic mass is 10.1. The zero-order valence-corrected chi connectivity index (χ0v) is 10.0. The van der Waals surface area contributed by atoms with Gasteiger partial charge in [-0.05, 0) is 23.8 Å². The van der Waals surface area contributed by atoms with E-state index in [1.54, 1.807) is 31.4 Å². The molecule has 0 fully saturated rings. The van der Waals surface area contributed by atoms with Crippen molar-refractivity contribution in [2.45, 2.75) is 0 Å². The molecule has 0 radical (unpaired) electrons. The third kappa shape index (κ3) is 3.92. The molecular weight excluding hydrogens is 232 g/mol. The Morgan fingerprint density at radius 2 is 2.17 bits per heavy atom. The molecule has 0 saturated carbocycles. The third-order valence-corrected chi connectivity index (χ3v) is 2.19. The first-order chi connectivity index (χ1) is 8.71. The Kier molecular flexibility index (Phi) is 5.42. The average molecular weight is 246 g/mol. The van der Waals surface area contributed by atoms with Gasteiger partial charge in [0.25, 0.3) is 5.91 Å². The minimum absolute atomic E-state index is 0.00591. The van der Waals surface area contributed by atoms with Crippen LogP contribution in [0.15, 0.2) is 29.8 Å². The summed E-state index contributed by atoms with van der Waals surface area (Å²) in [6, 6.07) is 8.80. The molecule has 1 amide bonds. The number of hydrogen-bond donors (Lipinski definition) is 2. The van der Waals surface area contributed by atoms with Crippen LogP contribution in [0.4, 0.5) is 0 Å². The second-order valence-electron chi connectivity index (χ2n) is 3.42. The molecule has 2 N–H and O–H groups in total. The SMILES string of the molecule is COc1ccc(/C=C(\C#N)C(=O)NCCO)cc1. The van der Waals surface area contributed by atoms with Gasteiger partial charge < -0.3 is 15.2 Å². The third-order valence-electron chi connectivity index (χ3n) is 2.19. The molecule has 0 spiro atoms. The van der Waals surface area contributed by atoms with Gasteiger partial charge in [0, 0.05) is 6.54 Å². The van der Waals surface area contributed by atoms with E-state index in [9.17, 15) is 4.79 Å². The highest BCUT2D eigenvalue weighted by Crippen LogP contribution is 2.13. The monoisotopic (exact) mass is 246 g/mol. The molecule has 0 aromatic heterocycles. The van der Waals surface area contributed by atoms with Gasteiger partial charge in [-0.25, -0.2) is 0 Å². The normalized spacial score (nSPS) is 10.6. The van der Waals surface area contributed by atoms with Crippen molar-refractivity contribution in [2.75, 3.05) is 20.3 Å². The number of nitriles is 1. The van der Waals surface area contributed by atoms with E-state index >= 15 is 0 Å². The number of carbonyl (C=O) groups is 1. The van der Waals surface area contributed by atoms with Crippen molar-refractivity contribution in [3.8, 4) is 11.8 Å². The summed E-state index contributed by atoms with van der Waals surface area (Å²) >= 11 is 0. The Labute approximate surface area is 105 Å². The first-order valence-corrected chi connectivity index (χ1v) is 5.36. The lowest BCUT2D eigenvalue weighted by Crippen LogP contribution is -2.27. The van der Waals surface area contributed by atoms with Crippen LogP contribution in [0.25, 0.3) is 6.08 Å². The molecule has 1 rings (SSSR count). The zero-order valence-electron chi connectivity index (χ0n) is 10.0. The molecule has 0 aliphatic rings. The van der Waals surface area contributed by atoms with Gasteiger partial charge in [-0.15, -0.1) is 0 Å². The number of benzene rings is 1. The number of amides is 1. The smallest absolute Gasteiger partial charge is 0.262 e. The zero-order chi connectivity index (χ0) is 13.4. The van der Waals surface area contributed by atoms with Crippen LogP contribution in [0.2, 0.25) is 0 Å². The maximum absolute atomic E-state index is 11.5.